The number of phenols is 1. The molecule has 1 aliphatic heterocycles. The predicted molar refractivity (Wildman–Crippen MR) is 88.5 cm³/mol. The Kier molecular flexibility index (Phi) is 6.52. The van der Waals surface area contributed by atoms with Crippen molar-refractivity contribution in [2.24, 2.45) is 0 Å². The lowest BCUT2D eigenvalue weighted by Crippen LogP contribution is -2.35. The van der Waals surface area contributed by atoms with Gasteiger partial charge in [-0.3, -0.25) is 0 Å². The summed E-state index contributed by atoms with van der Waals surface area (Å²) in [7, 11) is 0. The fourth-order valence-corrected chi connectivity index (χ4v) is 2.75. The number of phenolic OH excluding ortho intramolecular Hbond substituents is 1. The Morgan fingerprint density at radius 3 is 2.45 bits per heavy atom. The van der Waals surface area contributed by atoms with Gasteiger partial charge in [-0.15, -0.1) is 0 Å². The summed E-state index contributed by atoms with van der Waals surface area (Å²) in [6, 6.07) is 6.80. The zero-order valence-corrected chi connectivity index (χ0v) is 13.9. The maximum absolute atomic E-state index is 9.28. The number of likely N-dealkylation sites (tertiary alicyclic amines) is 1. The molecule has 1 aromatic rings. The summed E-state index contributed by atoms with van der Waals surface area (Å²) in [5, 5.41) is 9.28. The van der Waals surface area contributed by atoms with Crippen molar-refractivity contribution in [2.45, 2.75) is 45.1 Å². The second-order valence-electron chi connectivity index (χ2n) is 6.66. The van der Waals surface area contributed by atoms with E-state index in [-0.39, 0.29) is 11.4 Å². The molecule has 124 valence electrons. The van der Waals surface area contributed by atoms with Gasteiger partial charge in [-0.25, -0.2) is 0 Å². The minimum absolute atomic E-state index is 0.249. The second-order valence-corrected chi connectivity index (χ2v) is 6.66. The van der Waals surface area contributed by atoms with Crippen molar-refractivity contribution in [3.05, 3.63) is 24.3 Å². The van der Waals surface area contributed by atoms with Gasteiger partial charge in [-0.05, 0) is 70.5 Å². The highest BCUT2D eigenvalue weighted by molar-refractivity contribution is 5.30. The molecule has 1 aromatic carbocycles. The minimum Gasteiger partial charge on any atom is -0.508 e. The number of aromatic hydroxyl groups is 1. The molecule has 0 aliphatic carbocycles. The molecule has 0 radical (unpaired) electrons. The Balaban J connectivity index is 1.61. The summed E-state index contributed by atoms with van der Waals surface area (Å²) >= 11 is 0. The molecule has 4 heteroatoms. The Bertz CT molecular complexity index is 424. The first kappa shape index (κ1) is 17.1. The molecular formula is C18H29NO3. The normalized spacial score (nSPS) is 16.6. The van der Waals surface area contributed by atoms with Crippen molar-refractivity contribution < 1.29 is 14.6 Å². The van der Waals surface area contributed by atoms with Crippen LogP contribution in [0.4, 0.5) is 0 Å². The smallest absolute Gasteiger partial charge is 0.127 e. The number of benzene rings is 1. The van der Waals surface area contributed by atoms with E-state index >= 15 is 0 Å². The summed E-state index contributed by atoms with van der Waals surface area (Å²) in [4.78, 5) is 2.53. The Labute approximate surface area is 134 Å². The number of nitrogens with zero attached hydrogens (tertiary/aromatic N) is 1. The van der Waals surface area contributed by atoms with Crippen LogP contribution in [0.15, 0.2) is 24.3 Å². The molecule has 1 saturated heterocycles. The Hall–Kier alpha value is -1.26. The fourth-order valence-electron chi connectivity index (χ4n) is 2.75. The maximum Gasteiger partial charge on any atom is 0.127 e. The molecule has 1 heterocycles. The first-order chi connectivity index (χ1) is 10.6. The van der Waals surface area contributed by atoms with E-state index in [0.29, 0.717) is 6.61 Å². The van der Waals surface area contributed by atoms with E-state index in [1.807, 2.05) is 13.8 Å². The van der Waals surface area contributed by atoms with E-state index in [1.54, 1.807) is 24.3 Å². The Morgan fingerprint density at radius 2 is 1.77 bits per heavy atom. The fraction of sp³-hybridized carbons (Fsp3) is 0.667. The zero-order chi connectivity index (χ0) is 15.8. The number of hydrogen-bond donors (Lipinski definition) is 1. The molecule has 0 unspecified atom stereocenters. The summed E-state index contributed by atoms with van der Waals surface area (Å²) in [6.07, 6.45) is 5.15. The van der Waals surface area contributed by atoms with Gasteiger partial charge < -0.3 is 19.5 Å². The third kappa shape index (κ3) is 6.24. The molecule has 2 rings (SSSR count). The van der Waals surface area contributed by atoms with Crippen molar-refractivity contribution in [1.29, 1.82) is 0 Å². The number of rotatable bonds is 8. The van der Waals surface area contributed by atoms with Crippen LogP contribution < -0.4 is 4.74 Å². The van der Waals surface area contributed by atoms with Crippen LogP contribution in [0.5, 0.6) is 11.5 Å². The van der Waals surface area contributed by atoms with Gasteiger partial charge in [0.25, 0.3) is 0 Å². The molecule has 0 saturated carbocycles. The van der Waals surface area contributed by atoms with E-state index in [1.165, 1.54) is 32.4 Å². The van der Waals surface area contributed by atoms with Gasteiger partial charge in [-0.1, -0.05) is 6.42 Å². The average Bonchev–Trinajstić information content (AvgIpc) is 2.50. The molecule has 0 aromatic heterocycles. The number of piperidine rings is 1. The lowest BCUT2D eigenvalue weighted by Gasteiger charge is -2.28. The van der Waals surface area contributed by atoms with Gasteiger partial charge in [-0.2, -0.15) is 0 Å². The van der Waals surface area contributed by atoms with Crippen molar-refractivity contribution in [3.63, 3.8) is 0 Å². The van der Waals surface area contributed by atoms with Crippen LogP contribution in [0.3, 0.4) is 0 Å². The van der Waals surface area contributed by atoms with Crippen molar-refractivity contribution >= 4 is 0 Å². The molecule has 0 spiro atoms. The van der Waals surface area contributed by atoms with E-state index in [2.05, 4.69) is 4.90 Å². The van der Waals surface area contributed by atoms with Gasteiger partial charge >= 0.3 is 0 Å². The topological polar surface area (TPSA) is 41.9 Å². The summed E-state index contributed by atoms with van der Waals surface area (Å²) in [5.74, 6) is 0.999. The predicted octanol–water partition coefficient (Wildman–Crippen LogP) is 3.44. The van der Waals surface area contributed by atoms with Crippen molar-refractivity contribution in [2.75, 3.05) is 32.8 Å². The van der Waals surface area contributed by atoms with Crippen LogP contribution in [0.25, 0.3) is 0 Å². The summed E-state index contributed by atoms with van der Waals surface area (Å²) in [6.45, 7) is 9.01. The van der Waals surface area contributed by atoms with E-state index in [0.717, 1.165) is 25.3 Å². The first-order valence-corrected chi connectivity index (χ1v) is 8.33. The minimum atomic E-state index is -0.373. The van der Waals surface area contributed by atoms with Crippen LogP contribution in [0, 0.1) is 0 Å². The van der Waals surface area contributed by atoms with Gasteiger partial charge in [0.2, 0.25) is 0 Å². The molecule has 1 N–H and O–H groups in total. The van der Waals surface area contributed by atoms with Gasteiger partial charge in [0.1, 0.15) is 17.1 Å². The largest absolute Gasteiger partial charge is 0.508 e. The lowest BCUT2D eigenvalue weighted by molar-refractivity contribution is -0.00588. The molecule has 22 heavy (non-hydrogen) atoms. The van der Waals surface area contributed by atoms with Crippen LogP contribution in [0.1, 0.15) is 39.5 Å². The molecule has 4 nitrogen and oxygen atoms in total. The van der Waals surface area contributed by atoms with E-state index in [4.69, 9.17) is 9.47 Å². The number of hydrogen-bond acceptors (Lipinski definition) is 4. The van der Waals surface area contributed by atoms with Gasteiger partial charge in [0, 0.05) is 13.2 Å². The van der Waals surface area contributed by atoms with Crippen LogP contribution in [-0.4, -0.2) is 48.5 Å². The first-order valence-electron chi connectivity index (χ1n) is 8.33. The zero-order valence-electron chi connectivity index (χ0n) is 13.9. The molecule has 0 bridgehead atoms. The van der Waals surface area contributed by atoms with Crippen LogP contribution in [0.2, 0.25) is 0 Å². The molecule has 0 atom stereocenters. The quantitative estimate of drug-likeness (QED) is 0.747. The third-order valence-electron chi connectivity index (χ3n) is 3.89. The van der Waals surface area contributed by atoms with Crippen molar-refractivity contribution in [3.8, 4) is 11.5 Å². The monoisotopic (exact) mass is 307 g/mol. The molecule has 1 aliphatic rings. The van der Waals surface area contributed by atoms with Crippen LogP contribution >= 0.6 is 0 Å². The highest BCUT2D eigenvalue weighted by Crippen LogP contribution is 2.21. The summed E-state index contributed by atoms with van der Waals surface area (Å²) < 4.78 is 11.7. The van der Waals surface area contributed by atoms with Gasteiger partial charge in [0.05, 0.1) is 6.61 Å². The van der Waals surface area contributed by atoms with E-state index in [9.17, 15) is 5.11 Å². The highest BCUT2D eigenvalue weighted by Gasteiger charge is 2.20. The maximum atomic E-state index is 9.28. The van der Waals surface area contributed by atoms with E-state index < -0.39 is 0 Å². The third-order valence-corrected chi connectivity index (χ3v) is 3.89. The Morgan fingerprint density at radius 1 is 1.09 bits per heavy atom. The highest BCUT2D eigenvalue weighted by atomic mass is 16.5. The standard InChI is InChI=1S/C18H29NO3/c1-18(2,22-17-9-7-16(20)8-10-17)15-21-14-6-13-19-11-4-3-5-12-19/h7-10,20H,3-6,11-15H2,1-2H3. The number of ether oxygens (including phenoxy) is 2. The molecule has 0 amide bonds. The molecule has 1 fully saturated rings. The summed E-state index contributed by atoms with van der Waals surface area (Å²) in [5.41, 5.74) is -0.373. The van der Waals surface area contributed by atoms with Crippen LogP contribution in [-0.2, 0) is 4.74 Å². The molecular weight excluding hydrogens is 278 g/mol. The lowest BCUT2D eigenvalue weighted by atomic mass is 10.1. The van der Waals surface area contributed by atoms with Gasteiger partial charge in [0.15, 0.2) is 0 Å². The van der Waals surface area contributed by atoms with Crippen molar-refractivity contribution in [1.82, 2.24) is 4.90 Å². The average molecular weight is 307 g/mol. The second kappa shape index (κ2) is 8.39. The SMILES string of the molecule is CC(C)(COCCCN1CCCCC1)Oc1ccc(O)cc1.